The van der Waals surface area contributed by atoms with Crippen LogP contribution < -0.4 is 0 Å². The predicted molar refractivity (Wildman–Crippen MR) is 52.0 cm³/mol. The third kappa shape index (κ3) is 1.29. The van der Waals surface area contributed by atoms with E-state index in [4.69, 9.17) is 0 Å². The number of hydrogen-bond acceptors (Lipinski definition) is 1. The highest BCUT2D eigenvalue weighted by Crippen LogP contribution is 2.33. The van der Waals surface area contributed by atoms with E-state index in [2.05, 4.69) is 15.9 Å². The van der Waals surface area contributed by atoms with E-state index >= 15 is 0 Å². The van der Waals surface area contributed by atoms with Crippen LogP contribution in [0.4, 0.5) is 0 Å². The minimum Gasteiger partial charge on any atom is -0.388 e. The van der Waals surface area contributed by atoms with E-state index in [0.29, 0.717) is 0 Å². The van der Waals surface area contributed by atoms with Crippen LogP contribution in [0.2, 0.25) is 0 Å². The summed E-state index contributed by atoms with van der Waals surface area (Å²) in [6.07, 6.45) is 2.85. The van der Waals surface area contributed by atoms with E-state index in [0.717, 1.165) is 29.3 Å². The molecule has 0 amide bonds. The Balaban J connectivity index is 2.52. The number of benzene rings is 1. The molecule has 0 saturated heterocycles. The Morgan fingerprint density at radius 1 is 1.42 bits per heavy atom. The Bertz CT molecular complexity index is 296. The molecule has 2 heteroatoms. The summed E-state index contributed by atoms with van der Waals surface area (Å²) >= 11 is 3.50. The highest BCUT2D eigenvalue weighted by molar-refractivity contribution is 9.10. The van der Waals surface area contributed by atoms with E-state index in [9.17, 15) is 5.11 Å². The van der Waals surface area contributed by atoms with E-state index < -0.39 is 0 Å². The average Bonchev–Trinajstić information content (AvgIpc) is 2.07. The lowest BCUT2D eigenvalue weighted by Crippen LogP contribution is -2.09. The second kappa shape index (κ2) is 3.19. The van der Waals surface area contributed by atoms with Crippen LogP contribution in [0.25, 0.3) is 0 Å². The Kier molecular flexibility index (Phi) is 2.20. The van der Waals surface area contributed by atoms with Gasteiger partial charge in [-0.25, -0.2) is 0 Å². The van der Waals surface area contributed by atoms with Gasteiger partial charge in [0.1, 0.15) is 0 Å². The summed E-state index contributed by atoms with van der Waals surface area (Å²) in [6, 6.07) is 6.04. The zero-order chi connectivity index (χ0) is 8.55. The summed E-state index contributed by atoms with van der Waals surface area (Å²) in [5.74, 6) is 0. The van der Waals surface area contributed by atoms with Gasteiger partial charge in [-0.15, -0.1) is 0 Å². The topological polar surface area (TPSA) is 20.2 Å². The highest BCUT2D eigenvalue weighted by Gasteiger charge is 2.18. The van der Waals surface area contributed by atoms with Gasteiger partial charge in [-0.3, -0.25) is 0 Å². The Labute approximate surface area is 80.5 Å². The molecule has 0 unspecified atom stereocenters. The van der Waals surface area contributed by atoms with E-state index in [1.807, 2.05) is 18.2 Å². The predicted octanol–water partition coefficient (Wildman–Crippen LogP) is 2.82. The molecule has 64 valence electrons. The summed E-state index contributed by atoms with van der Waals surface area (Å²) in [7, 11) is 0. The molecule has 0 bridgehead atoms. The minimum absolute atomic E-state index is 0.244. The van der Waals surface area contributed by atoms with Gasteiger partial charge in [0, 0.05) is 4.47 Å². The standard InChI is InChI=1S/C10H11BrO/c11-9-5-1-4-8-7(9)3-2-6-10(8)12/h1,4-5,10,12H,2-3,6H2/t10-/m1/s1. The van der Waals surface area contributed by atoms with E-state index in [1.54, 1.807) is 0 Å². The SMILES string of the molecule is O[C@@H]1CCCc2c(Br)cccc21. The quantitative estimate of drug-likeness (QED) is 0.722. The number of fused-ring (bicyclic) bond motifs is 1. The molecule has 12 heavy (non-hydrogen) atoms. The lowest BCUT2D eigenvalue weighted by atomic mass is 9.90. The average molecular weight is 227 g/mol. The maximum Gasteiger partial charge on any atom is 0.0793 e. The fourth-order valence-electron chi connectivity index (χ4n) is 1.78. The first-order chi connectivity index (χ1) is 5.79. The molecule has 1 aliphatic carbocycles. The van der Waals surface area contributed by atoms with Crippen molar-refractivity contribution in [1.29, 1.82) is 0 Å². The zero-order valence-corrected chi connectivity index (χ0v) is 8.34. The van der Waals surface area contributed by atoms with Gasteiger partial charge in [-0.05, 0) is 36.5 Å². The summed E-state index contributed by atoms with van der Waals surface area (Å²) in [4.78, 5) is 0. The Hall–Kier alpha value is -0.340. The number of halogens is 1. The highest BCUT2D eigenvalue weighted by atomic mass is 79.9. The molecule has 1 aliphatic rings. The van der Waals surface area contributed by atoms with Crippen molar-refractivity contribution in [2.24, 2.45) is 0 Å². The van der Waals surface area contributed by atoms with Crippen molar-refractivity contribution in [3.63, 3.8) is 0 Å². The van der Waals surface area contributed by atoms with Gasteiger partial charge in [-0.1, -0.05) is 28.1 Å². The molecule has 0 saturated carbocycles. The number of aliphatic hydroxyl groups excluding tert-OH is 1. The Morgan fingerprint density at radius 3 is 3.00 bits per heavy atom. The molecular weight excluding hydrogens is 216 g/mol. The first-order valence-electron chi connectivity index (χ1n) is 4.24. The molecule has 0 aromatic heterocycles. The minimum atomic E-state index is -0.244. The van der Waals surface area contributed by atoms with Crippen molar-refractivity contribution in [3.05, 3.63) is 33.8 Å². The number of hydrogen-bond donors (Lipinski definition) is 1. The summed E-state index contributed by atoms with van der Waals surface area (Å²) < 4.78 is 1.14. The second-order valence-electron chi connectivity index (χ2n) is 3.22. The molecule has 0 spiro atoms. The third-order valence-corrected chi connectivity index (χ3v) is 3.16. The van der Waals surface area contributed by atoms with E-state index in [1.165, 1.54) is 5.56 Å². The van der Waals surface area contributed by atoms with Crippen molar-refractivity contribution in [2.45, 2.75) is 25.4 Å². The van der Waals surface area contributed by atoms with Gasteiger partial charge in [0.15, 0.2) is 0 Å². The van der Waals surface area contributed by atoms with Crippen LogP contribution >= 0.6 is 15.9 Å². The van der Waals surface area contributed by atoms with Crippen molar-refractivity contribution >= 4 is 15.9 Å². The summed E-state index contributed by atoms with van der Waals surface area (Å²) in [5.41, 5.74) is 2.40. The maximum atomic E-state index is 9.66. The van der Waals surface area contributed by atoms with Gasteiger partial charge in [-0.2, -0.15) is 0 Å². The van der Waals surface area contributed by atoms with Gasteiger partial charge in [0.2, 0.25) is 0 Å². The van der Waals surface area contributed by atoms with Crippen LogP contribution in [-0.2, 0) is 6.42 Å². The number of rotatable bonds is 0. The second-order valence-corrected chi connectivity index (χ2v) is 4.07. The first-order valence-corrected chi connectivity index (χ1v) is 5.03. The summed E-state index contributed by atoms with van der Waals surface area (Å²) in [5, 5.41) is 9.66. The molecule has 1 aromatic rings. The summed E-state index contributed by atoms with van der Waals surface area (Å²) in [6.45, 7) is 0. The maximum absolute atomic E-state index is 9.66. The van der Waals surface area contributed by atoms with Crippen molar-refractivity contribution < 1.29 is 5.11 Å². The van der Waals surface area contributed by atoms with Gasteiger partial charge < -0.3 is 5.11 Å². The van der Waals surface area contributed by atoms with Crippen LogP contribution in [0, 0.1) is 0 Å². The van der Waals surface area contributed by atoms with Crippen LogP contribution in [0.5, 0.6) is 0 Å². The van der Waals surface area contributed by atoms with Crippen LogP contribution in [0.3, 0.4) is 0 Å². The largest absolute Gasteiger partial charge is 0.388 e. The zero-order valence-electron chi connectivity index (χ0n) is 6.76. The van der Waals surface area contributed by atoms with Crippen molar-refractivity contribution in [1.82, 2.24) is 0 Å². The molecular formula is C10H11BrO. The smallest absolute Gasteiger partial charge is 0.0793 e. The van der Waals surface area contributed by atoms with Gasteiger partial charge in [0.05, 0.1) is 6.10 Å². The molecule has 1 aromatic carbocycles. The first kappa shape index (κ1) is 8.27. The van der Waals surface area contributed by atoms with Crippen molar-refractivity contribution in [3.8, 4) is 0 Å². The molecule has 2 rings (SSSR count). The van der Waals surface area contributed by atoms with Crippen molar-refractivity contribution in [2.75, 3.05) is 0 Å². The molecule has 0 fully saturated rings. The van der Waals surface area contributed by atoms with Crippen LogP contribution in [-0.4, -0.2) is 5.11 Å². The lowest BCUT2D eigenvalue weighted by molar-refractivity contribution is 0.156. The molecule has 1 N–H and O–H groups in total. The molecule has 1 nitrogen and oxygen atoms in total. The lowest BCUT2D eigenvalue weighted by Gasteiger charge is -2.21. The van der Waals surface area contributed by atoms with E-state index in [-0.39, 0.29) is 6.10 Å². The number of aliphatic hydroxyl groups is 1. The molecule has 1 atom stereocenters. The molecule has 0 heterocycles. The van der Waals surface area contributed by atoms with Crippen LogP contribution in [0.15, 0.2) is 22.7 Å². The fourth-order valence-corrected chi connectivity index (χ4v) is 2.36. The molecule has 0 radical (unpaired) electrons. The van der Waals surface area contributed by atoms with Crippen LogP contribution in [0.1, 0.15) is 30.1 Å². The normalized spacial score (nSPS) is 22.0. The third-order valence-electron chi connectivity index (χ3n) is 2.42. The monoisotopic (exact) mass is 226 g/mol. The molecule has 0 aliphatic heterocycles. The Morgan fingerprint density at radius 2 is 2.25 bits per heavy atom. The van der Waals surface area contributed by atoms with Gasteiger partial charge in [0.25, 0.3) is 0 Å². The van der Waals surface area contributed by atoms with Gasteiger partial charge >= 0.3 is 0 Å². The fraction of sp³-hybridized carbons (Fsp3) is 0.400.